The number of hydrogen-bond donors (Lipinski definition) is 0. The van der Waals surface area contributed by atoms with Gasteiger partial charge >= 0.3 is 0 Å². The van der Waals surface area contributed by atoms with Gasteiger partial charge in [0.15, 0.2) is 5.78 Å². The van der Waals surface area contributed by atoms with Crippen LogP contribution in [0.5, 0.6) is 5.75 Å². The Hall–Kier alpha value is -1.65. The van der Waals surface area contributed by atoms with Crippen molar-refractivity contribution in [1.82, 2.24) is 0 Å². The average molecular weight is 432 g/mol. The zero-order chi connectivity index (χ0) is 16.0. The van der Waals surface area contributed by atoms with Crippen molar-refractivity contribution in [2.75, 3.05) is 5.33 Å². The van der Waals surface area contributed by atoms with Gasteiger partial charge in [-0.3, -0.25) is 4.79 Å². The molecule has 1 heterocycles. The SMILES string of the molecule is O=C(CBr)c1ccc2c3c(ccc2c1)-c1ccc(Br)cc1CO3. The van der Waals surface area contributed by atoms with E-state index in [0.717, 1.165) is 32.1 Å². The fourth-order valence-electron chi connectivity index (χ4n) is 3.01. The number of alkyl halides is 1. The van der Waals surface area contributed by atoms with E-state index in [2.05, 4.69) is 62.2 Å². The van der Waals surface area contributed by atoms with E-state index in [0.29, 0.717) is 11.9 Å². The smallest absolute Gasteiger partial charge is 0.173 e. The maximum atomic E-state index is 11.9. The second kappa shape index (κ2) is 5.77. The second-order valence-corrected chi connectivity index (χ2v) is 7.00. The Balaban J connectivity index is 1.91. The molecule has 3 aromatic rings. The van der Waals surface area contributed by atoms with E-state index >= 15 is 0 Å². The third-order valence-corrected chi connectivity index (χ3v) is 5.15. The zero-order valence-electron chi connectivity index (χ0n) is 12.1. The molecule has 0 bridgehead atoms. The van der Waals surface area contributed by atoms with Gasteiger partial charge in [0, 0.05) is 21.0 Å². The van der Waals surface area contributed by atoms with Gasteiger partial charge in [-0.1, -0.05) is 56.1 Å². The molecule has 0 radical (unpaired) electrons. The summed E-state index contributed by atoms with van der Waals surface area (Å²) in [5, 5.41) is 2.40. The van der Waals surface area contributed by atoms with Crippen LogP contribution in [0, 0.1) is 0 Å². The Morgan fingerprint density at radius 2 is 1.87 bits per heavy atom. The molecule has 1 aliphatic rings. The van der Waals surface area contributed by atoms with Crippen molar-refractivity contribution in [3.05, 3.63) is 64.1 Å². The summed E-state index contributed by atoms with van der Waals surface area (Å²) < 4.78 is 7.09. The normalized spacial score (nSPS) is 12.4. The monoisotopic (exact) mass is 430 g/mol. The predicted molar refractivity (Wildman–Crippen MR) is 99.5 cm³/mol. The third-order valence-electron chi connectivity index (χ3n) is 4.14. The number of carbonyl (C=O) groups is 1. The van der Waals surface area contributed by atoms with Gasteiger partial charge in [-0.15, -0.1) is 0 Å². The number of halogens is 2. The number of hydrogen-bond acceptors (Lipinski definition) is 2. The van der Waals surface area contributed by atoms with Crippen LogP contribution in [0.25, 0.3) is 21.9 Å². The van der Waals surface area contributed by atoms with Gasteiger partial charge in [-0.05, 0) is 40.8 Å². The van der Waals surface area contributed by atoms with Crippen molar-refractivity contribution < 1.29 is 9.53 Å². The molecule has 2 nitrogen and oxygen atoms in total. The molecule has 1 aliphatic heterocycles. The van der Waals surface area contributed by atoms with Crippen LogP contribution >= 0.6 is 31.9 Å². The molecule has 0 saturated carbocycles. The van der Waals surface area contributed by atoms with Crippen LogP contribution in [-0.2, 0) is 6.61 Å². The third kappa shape index (κ3) is 2.50. The number of carbonyl (C=O) groups excluding carboxylic acids is 1. The van der Waals surface area contributed by atoms with Crippen LogP contribution in [0.4, 0.5) is 0 Å². The van der Waals surface area contributed by atoms with Gasteiger partial charge in [0.1, 0.15) is 12.4 Å². The number of rotatable bonds is 2. The Labute approximate surface area is 150 Å². The van der Waals surface area contributed by atoms with E-state index in [4.69, 9.17) is 4.74 Å². The van der Waals surface area contributed by atoms with Crippen LogP contribution in [0.2, 0.25) is 0 Å². The minimum absolute atomic E-state index is 0.0840. The zero-order valence-corrected chi connectivity index (χ0v) is 15.3. The largest absolute Gasteiger partial charge is 0.488 e. The molecular formula is C19H12Br2O2. The Bertz CT molecular complexity index is 947. The predicted octanol–water partition coefficient (Wildman–Crippen LogP) is 5.74. The standard InChI is InChI=1S/C19H12Br2O2/c20-9-18(22)12-2-4-16-11(7-12)1-5-17-15-6-3-14(21)8-13(15)10-23-19(16)17/h1-8H,9-10H2. The molecule has 0 fully saturated rings. The molecule has 0 aromatic heterocycles. The van der Waals surface area contributed by atoms with Crippen molar-refractivity contribution in [2.45, 2.75) is 6.61 Å². The van der Waals surface area contributed by atoms with Crippen molar-refractivity contribution in [1.29, 1.82) is 0 Å². The molecule has 4 heteroatoms. The number of benzene rings is 3. The average Bonchev–Trinajstić information content (AvgIpc) is 2.59. The summed E-state index contributed by atoms with van der Waals surface area (Å²) in [7, 11) is 0. The van der Waals surface area contributed by atoms with Crippen LogP contribution in [0.15, 0.2) is 53.0 Å². The summed E-state index contributed by atoms with van der Waals surface area (Å²) >= 11 is 6.73. The number of ether oxygens (including phenoxy) is 1. The number of ketones is 1. The van der Waals surface area contributed by atoms with E-state index in [1.54, 1.807) is 0 Å². The fraction of sp³-hybridized carbons (Fsp3) is 0.105. The Morgan fingerprint density at radius 3 is 2.70 bits per heavy atom. The van der Waals surface area contributed by atoms with Crippen molar-refractivity contribution in [2.24, 2.45) is 0 Å². The van der Waals surface area contributed by atoms with Gasteiger partial charge in [0.05, 0.1) is 5.33 Å². The lowest BCUT2D eigenvalue weighted by Crippen LogP contribution is -2.06. The lowest BCUT2D eigenvalue weighted by molar-refractivity contribution is 0.102. The summed E-state index contributed by atoms with van der Waals surface area (Å²) in [6, 6.07) is 16.2. The maximum Gasteiger partial charge on any atom is 0.173 e. The Kier molecular flexibility index (Phi) is 3.74. The maximum absolute atomic E-state index is 11.9. The van der Waals surface area contributed by atoms with Crippen LogP contribution < -0.4 is 4.74 Å². The summed E-state index contributed by atoms with van der Waals surface area (Å²) in [6.45, 7) is 0.559. The van der Waals surface area contributed by atoms with Crippen LogP contribution in [0.1, 0.15) is 15.9 Å². The van der Waals surface area contributed by atoms with E-state index in [1.807, 2.05) is 18.2 Å². The lowest BCUT2D eigenvalue weighted by Gasteiger charge is -2.22. The van der Waals surface area contributed by atoms with Crippen molar-refractivity contribution in [3.63, 3.8) is 0 Å². The first kappa shape index (κ1) is 14.9. The molecule has 4 rings (SSSR count). The Morgan fingerprint density at radius 1 is 1.04 bits per heavy atom. The summed E-state index contributed by atoms with van der Waals surface area (Å²) in [4.78, 5) is 11.9. The first-order valence-corrected chi connectivity index (χ1v) is 9.16. The molecule has 23 heavy (non-hydrogen) atoms. The van der Waals surface area contributed by atoms with E-state index < -0.39 is 0 Å². The van der Waals surface area contributed by atoms with Crippen molar-refractivity contribution in [3.8, 4) is 16.9 Å². The fourth-order valence-corrected chi connectivity index (χ4v) is 3.75. The van der Waals surface area contributed by atoms with E-state index in [1.165, 1.54) is 11.1 Å². The van der Waals surface area contributed by atoms with Crippen molar-refractivity contribution >= 4 is 48.4 Å². The molecule has 0 unspecified atom stereocenters. The second-order valence-electron chi connectivity index (χ2n) is 5.53. The molecule has 3 aromatic carbocycles. The minimum atomic E-state index is 0.0840. The molecule has 0 saturated heterocycles. The molecule has 114 valence electrons. The van der Waals surface area contributed by atoms with Gasteiger partial charge < -0.3 is 4.74 Å². The lowest BCUT2D eigenvalue weighted by atomic mass is 9.93. The van der Waals surface area contributed by atoms with E-state index in [9.17, 15) is 4.79 Å². The molecule has 0 amide bonds. The molecular weight excluding hydrogens is 420 g/mol. The number of Topliss-reactive ketones (excluding diaryl/α,β-unsaturated/α-hetero) is 1. The topological polar surface area (TPSA) is 26.3 Å². The summed E-state index contributed by atoms with van der Waals surface area (Å²) in [6.07, 6.45) is 0. The molecule has 0 atom stereocenters. The van der Waals surface area contributed by atoms with Gasteiger partial charge in [-0.2, -0.15) is 0 Å². The number of fused-ring (bicyclic) bond motifs is 5. The highest BCUT2D eigenvalue weighted by Crippen LogP contribution is 2.43. The molecule has 0 aliphatic carbocycles. The first-order chi connectivity index (χ1) is 11.2. The first-order valence-electron chi connectivity index (χ1n) is 7.25. The summed E-state index contributed by atoms with van der Waals surface area (Å²) in [5.41, 5.74) is 4.20. The molecule has 0 spiro atoms. The molecule has 0 N–H and O–H groups in total. The van der Waals surface area contributed by atoms with Crippen LogP contribution in [-0.4, -0.2) is 11.1 Å². The van der Waals surface area contributed by atoms with E-state index in [-0.39, 0.29) is 5.78 Å². The summed E-state index contributed by atoms with van der Waals surface area (Å²) in [5.74, 6) is 0.982. The van der Waals surface area contributed by atoms with Gasteiger partial charge in [-0.25, -0.2) is 0 Å². The highest BCUT2D eigenvalue weighted by molar-refractivity contribution is 9.10. The van der Waals surface area contributed by atoms with Gasteiger partial charge in [0.25, 0.3) is 0 Å². The minimum Gasteiger partial charge on any atom is -0.488 e. The highest BCUT2D eigenvalue weighted by atomic mass is 79.9. The van der Waals surface area contributed by atoms with Gasteiger partial charge in [0.2, 0.25) is 0 Å². The quantitative estimate of drug-likeness (QED) is 0.382. The highest BCUT2D eigenvalue weighted by Gasteiger charge is 2.20. The van der Waals surface area contributed by atoms with Crippen LogP contribution in [0.3, 0.4) is 0 Å².